The summed E-state index contributed by atoms with van der Waals surface area (Å²) in [6, 6.07) is 44.6. The molecule has 2 saturated carbocycles. The number of ketones is 4. The number of ether oxygens (including phenoxy) is 4. The lowest BCUT2D eigenvalue weighted by atomic mass is 9.64. The summed E-state index contributed by atoms with van der Waals surface area (Å²) in [5.74, 6) is 1.89. The number of rotatable bonds is 17. The number of carbonyl (C=O) groups excluding carboxylic acids is 4. The van der Waals surface area contributed by atoms with Crippen LogP contribution in [0.2, 0.25) is 0 Å². The molecule has 66 heavy (non-hydrogen) atoms. The van der Waals surface area contributed by atoms with Crippen molar-refractivity contribution in [3.63, 3.8) is 0 Å². The van der Waals surface area contributed by atoms with Crippen LogP contribution in [-0.2, 0) is 10.8 Å². The second-order valence-corrected chi connectivity index (χ2v) is 18.9. The van der Waals surface area contributed by atoms with E-state index in [2.05, 4.69) is 38.1 Å². The summed E-state index contributed by atoms with van der Waals surface area (Å²) in [4.78, 5) is 55.9. The van der Waals surface area contributed by atoms with Crippen molar-refractivity contribution in [1.82, 2.24) is 0 Å². The Morgan fingerprint density at radius 3 is 1.36 bits per heavy atom. The summed E-state index contributed by atoms with van der Waals surface area (Å²) in [6.45, 7) is 10.3. The van der Waals surface area contributed by atoms with E-state index in [9.17, 15) is 9.59 Å². The molecule has 338 valence electrons. The smallest absolute Gasteiger partial charge is 0.215 e. The zero-order chi connectivity index (χ0) is 47.0. The van der Waals surface area contributed by atoms with Crippen LogP contribution in [0.1, 0.15) is 131 Å². The predicted octanol–water partition coefficient (Wildman–Crippen LogP) is 12.3. The lowest BCUT2D eigenvalue weighted by Gasteiger charge is -2.44. The van der Waals surface area contributed by atoms with Gasteiger partial charge in [0.2, 0.25) is 22.8 Å². The molecule has 2 fully saturated rings. The van der Waals surface area contributed by atoms with Gasteiger partial charge in [-0.2, -0.15) is 0 Å². The first kappa shape index (κ1) is 45.8. The second kappa shape index (κ2) is 17.9. The average Bonchev–Trinajstić information content (AvgIpc) is 3.97. The maximum Gasteiger partial charge on any atom is 0.215 e. The van der Waals surface area contributed by atoms with Gasteiger partial charge in [0.15, 0.2) is 11.6 Å². The highest BCUT2D eigenvalue weighted by Gasteiger charge is 2.60. The molecule has 0 radical (unpaired) electrons. The van der Waals surface area contributed by atoms with Crippen molar-refractivity contribution in [3.05, 3.63) is 190 Å². The maximum absolute atomic E-state index is 15.5. The van der Waals surface area contributed by atoms with Crippen molar-refractivity contribution >= 4 is 23.1 Å². The fourth-order valence-corrected chi connectivity index (χ4v) is 10.5. The molecule has 5 unspecified atom stereocenters. The second-order valence-electron chi connectivity index (χ2n) is 18.9. The van der Waals surface area contributed by atoms with Crippen LogP contribution >= 0.6 is 0 Å². The van der Waals surface area contributed by atoms with Crippen LogP contribution in [-0.4, -0.2) is 48.6 Å². The highest BCUT2D eigenvalue weighted by Crippen LogP contribution is 2.60. The summed E-state index contributed by atoms with van der Waals surface area (Å²) < 4.78 is 24.8. The van der Waals surface area contributed by atoms with Gasteiger partial charge in [0.25, 0.3) is 0 Å². The Kier molecular flexibility index (Phi) is 12.4. The molecule has 6 aromatic carbocycles. The quantitative estimate of drug-likeness (QED) is 0.0834. The normalized spacial score (nSPS) is 19.5. The molecule has 0 amide bonds. The van der Waals surface area contributed by atoms with E-state index in [-0.39, 0.29) is 28.1 Å². The Bertz CT molecular complexity index is 2750. The topological polar surface area (TPSA) is 105 Å². The summed E-state index contributed by atoms with van der Waals surface area (Å²) in [7, 11) is 3.31. The molecule has 6 aromatic rings. The summed E-state index contributed by atoms with van der Waals surface area (Å²) in [6.07, 6.45) is 4.57. The molecule has 0 saturated heterocycles. The van der Waals surface area contributed by atoms with Gasteiger partial charge >= 0.3 is 0 Å². The largest absolute Gasteiger partial charge is 0.497 e. The van der Waals surface area contributed by atoms with Crippen molar-refractivity contribution in [2.75, 3.05) is 14.2 Å². The Hall–Kier alpha value is -6.80. The van der Waals surface area contributed by atoms with E-state index in [1.165, 1.54) is 38.3 Å². The minimum Gasteiger partial charge on any atom is -0.497 e. The highest BCUT2D eigenvalue weighted by molar-refractivity contribution is 6.13. The zero-order valence-corrected chi connectivity index (χ0v) is 39.1. The van der Waals surface area contributed by atoms with Crippen molar-refractivity contribution in [2.24, 2.45) is 11.8 Å². The standard InChI is InChI=1S/C58H58O8/c1-37(59)40-13-15-41(16-14-40)53(61)56(5,65-51-30-20-45(21-31-51)55(3,4)44-18-26-49(63-7)27-19-44)57(6,54(62)43-11-9-10-42(35-43)38(2)60)66-52-32-24-47(25-33-52)58(36-39-12-17-48(58)34-39)46-22-28-50(64-8)29-23-46/h9-11,13-16,18-33,35,39,48H,12,17,34,36H2,1-8H3. The monoisotopic (exact) mass is 882 g/mol. The van der Waals surface area contributed by atoms with Crippen LogP contribution in [0.4, 0.5) is 0 Å². The Morgan fingerprint density at radius 2 is 0.924 bits per heavy atom. The van der Waals surface area contributed by atoms with Gasteiger partial charge in [-0.3, -0.25) is 19.2 Å². The minimum absolute atomic E-state index is 0.151. The fourth-order valence-electron chi connectivity index (χ4n) is 10.5. The molecule has 0 spiro atoms. The zero-order valence-electron chi connectivity index (χ0n) is 39.1. The first-order valence-electron chi connectivity index (χ1n) is 22.7. The first-order valence-corrected chi connectivity index (χ1v) is 22.7. The molecule has 0 aromatic heterocycles. The van der Waals surface area contributed by atoms with Crippen molar-refractivity contribution in [3.8, 4) is 23.0 Å². The molecule has 8 rings (SSSR count). The Balaban J connectivity index is 1.23. The van der Waals surface area contributed by atoms with Gasteiger partial charge in [0.05, 0.1) is 14.2 Å². The maximum atomic E-state index is 15.5. The molecule has 2 bridgehead atoms. The molecule has 8 heteroatoms. The number of fused-ring (bicyclic) bond motifs is 2. The van der Waals surface area contributed by atoms with Gasteiger partial charge in [0, 0.05) is 33.1 Å². The van der Waals surface area contributed by atoms with E-state index in [0.29, 0.717) is 34.5 Å². The van der Waals surface area contributed by atoms with E-state index in [1.54, 1.807) is 82.7 Å². The van der Waals surface area contributed by atoms with Gasteiger partial charge in [-0.25, -0.2) is 0 Å². The Labute approximate surface area is 388 Å². The molecule has 8 nitrogen and oxygen atoms in total. The van der Waals surface area contributed by atoms with Crippen LogP contribution in [0.3, 0.4) is 0 Å². The minimum atomic E-state index is -2.05. The molecule has 2 aliphatic carbocycles. The van der Waals surface area contributed by atoms with Crippen LogP contribution < -0.4 is 18.9 Å². The first-order chi connectivity index (χ1) is 31.5. The number of hydrogen-bond donors (Lipinski definition) is 0. The molecule has 0 aliphatic heterocycles. The Morgan fingerprint density at radius 1 is 0.500 bits per heavy atom. The van der Waals surface area contributed by atoms with Gasteiger partial charge in [0.1, 0.15) is 23.0 Å². The van der Waals surface area contributed by atoms with Crippen LogP contribution in [0.15, 0.2) is 146 Å². The fraction of sp³-hybridized carbons (Fsp3) is 0.310. The van der Waals surface area contributed by atoms with Crippen molar-refractivity contribution in [1.29, 1.82) is 0 Å². The summed E-state index contributed by atoms with van der Waals surface area (Å²) >= 11 is 0. The summed E-state index contributed by atoms with van der Waals surface area (Å²) in [5, 5.41) is 0. The summed E-state index contributed by atoms with van der Waals surface area (Å²) in [5.41, 5.74) is 0.926. The molecule has 0 heterocycles. The number of hydrogen-bond acceptors (Lipinski definition) is 8. The predicted molar refractivity (Wildman–Crippen MR) is 257 cm³/mol. The van der Waals surface area contributed by atoms with Gasteiger partial charge in [-0.1, -0.05) is 111 Å². The van der Waals surface area contributed by atoms with Crippen LogP contribution in [0, 0.1) is 11.8 Å². The number of benzene rings is 6. The van der Waals surface area contributed by atoms with Crippen LogP contribution in [0.5, 0.6) is 23.0 Å². The number of methoxy groups -OCH3 is 2. The molecule has 0 N–H and O–H groups in total. The van der Waals surface area contributed by atoms with Gasteiger partial charge < -0.3 is 18.9 Å². The van der Waals surface area contributed by atoms with Gasteiger partial charge in [-0.05, 0) is 136 Å². The number of Topliss-reactive ketones (excluding diaryl/α,β-unsaturated/α-hetero) is 4. The van der Waals surface area contributed by atoms with Gasteiger partial charge in [-0.15, -0.1) is 0 Å². The third kappa shape index (κ3) is 8.23. The van der Waals surface area contributed by atoms with E-state index in [4.69, 9.17) is 18.9 Å². The average molecular weight is 883 g/mol. The number of carbonyl (C=O) groups is 4. The third-order valence-corrected chi connectivity index (χ3v) is 14.7. The van der Waals surface area contributed by atoms with Crippen molar-refractivity contribution in [2.45, 2.75) is 89.3 Å². The lowest BCUT2D eigenvalue weighted by molar-refractivity contribution is -0.0535. The van der Waals surface area contributed by atoms with Crippen LogP contribution in [0.25, 0.3) is 0 Å². The lowest BCUT2D eigenvalue weighted by Crippen LogP contribution is -2.66. The highest BCUT2D eigenvalue weighted by atomic mass is 16.6. The van der Waals surface area contributed by atoms with E-state index < -0.39 is 28.2 Å². The van der Waals surface area contributed by atoms with Crippen molar-refractivity contribution < 1.29 is 38.1 Å². The third-order valence-electron chi connectivity index (χ3n) is 14.7. The molecular weight excluding hydrogens is 825 g/mol. The van der Waals surface area contributed by atoms with E-state index >= 15 is 9.59 Å². The van der Waals surface area contributed by atoms with E-state index in [1.807, 2.05) is 60.7 Å². The SMILES string of the molecule is COc1ccc(C(C)(C)c2ccc(OC(C)(C(=O)c3ccc(C(C)=O)cc3)C(C)(Oc3ccc(C4(c5ccc(OC)cc5)CC5CCC4C5)cc3)C(=O)c3cccc(C(C)=O)c3)cc2)cc1. The molecule has 5 atom stereocenters. The molecular formula is C58H58O8. The van der Waals surface area contributed by atoms with E-state index in [0.717, 1.165) is 41.0 Å². The molecule has 2 aliphatic rings.